The maximum Gasteiger partial charge on any atom is 0.302 e. The second-order valence-electron chi connectivity index (χ2n) is 4.98. The van der Waals surface area contributed by atoms with Crippen LogP contribution < -0.4 is 4.74 Å². The first-order valence-electron chi connectivity index (χ1n) is 7.82. The van der Waals surface area contributed by atoms with Gasteiger partial charge in [0.25, 0.3) is 0 Å². The quantitative estimate of drug-likeness (QED) is 0.485. The number of hydrogen-bond donors (Lipinski definition) is 0. The van der Waals surface area contributed by atoms with Crippen LogP contribution in [0.1, 0.15) is 25.0 Å². The van der Waals surface area contributed by atoms with Crippen molar-refractivity contribution in [3.8, 4) is 11.8 Å². The highest BCUT2D eigenvalue weighted by Gasteiger charge is 2.02. The zero-order valence-corrected chi connectivity index (χ0v) is 16.1. The summed E-state index contributed by atoms with van der Waals surface area (Å²) in [6, 6.07) is 14.7. The van der Waals surface area contributed by atoms with Crippen LogP contribution >= 0.6 is 23.2 Å². The molecule has 0 saturated heterocycles. The number of ether oxygens (including phenoxy) is 2. The van der Waals surface area contributed by atoms with Gasteiger partial charge in [0.1, 0.15) is 12.4 Å². The Balaban J connectivity index is 0.000000487. The van der Waals surface area contributed by atoms with Crippen LogP contribution in [-0.2, 0) is 16.1 Å². The number of halogens is 2. The fourth-order valence-corrected chi connectivity index (χ4v) is 2.31. The van der Waals surface area contributed by atoms with Crippen LogP contribution in [-0.4, -0.2) is 12.6 Å². The molecule has 136 valence electrons. The van der Waals surface area contributed by atoms with E-state index in [1.54, 1.807) is 25.1 Å². The van der Waals surface area contributed by atoms with Gasteiger partial charge in [-0.25, -0.2) is 0 Å². The van der Waals surface area contributed by atoms with Crippen LogP contribution in [0.3, 0.4) is 0 Å². The molecule has 0 aliphatic heterocycles. The molecule has 0 N–H and O–H groups in total. The Hall–Kier alpha value is -2.48. The number of carbonyl (C=O) groups excluding carboxylic acids is 1. The van der Waals surface area contributed by atoms with E-state index in [1.165, 1.54) is 13.0 Å². The van der Waals surface area contributed by atoms with Gasteiger partial charge in [-0.1, -0.05) is 41.4 Å². The summed E-state index contributed by atoms with van der Waals surface area (Å²) < 4.78 is 10.1. The van der Waals surface area contributed by atoms with E-state index in [0.717, 1.165) is 16.9 Å². The molecule has 0 aliphatic rings. The van der Waals surface area contributed by atoms with Crippen LogP contribution in [0, 0.1) is 11.3 Å². The predicted octanol–water partition coefficient (Wildman–Crippen LogP) is 5.68. The number of hydrogen-bond acceptors (Lipinski definition) is 4. The summed E-state index contributed by atoms with van der Waals surface area (Å²) in [5.74, 6) is 0.508. The van der Waals surface area contributed by atoms with Crippen molar-refractivity contribution in [1.29, 1.82) is 5.26 Å². The molecule has 0 saturated carbocycles. The maximum atomic E-state index is 9.82. The normalized spacial score (nSPS) is 9.81. The Bertz CT molecular complexity index is 798. The minimum atomic E-state index is -0.211. The van der Waals surface area contributed by atoms with E-state index in [0.29, 0.717) is 23.3 Å². The molecular weight excluding hydrogens is 373 g/mol. The van der Waals surface area contributed by atoms with Crippen molar-refractivity contribution in [2.24, 2.45) is 0 Å². The van der Waals surface area contributed by atoms with Crippen molar-refractivity contribution < 1.29 is 14.3 Å². The summed E-state index contributed by atoms with van der Waals surface area (Å²) in [5.41, 5.74) is 1.78. The standard InChI is InChI=1S/C16H11Cl2NO.C4H8O2/c17-14-7-6-13(16(18)10-14)11-20-15-5-1-3-12(9-15)4-2-8-19;1-3-6-4(2)5/h1-7,9-10H,11H2;3H2,1-2H3/b4-2+;. The molecule has 0 aliphatic carbocycles. The van der Waals surface area contributed by atoms with Gasteiger partial charge in [-0.3, -0.25) is 4.79 Å². The number of allylic oxidation sites excluding steroid dienone is 1. The molecule has 0 bridgehead atoms. The summed E-state index contributed by atoms with van der Waals surface area (Å²) in [6.07, 6.45) is 3.15. The molecule has 0 radical (unpaired) electrons. The van der Waals surface area contributed by atoms with Gasteiger partial charge in [-0.2, -0.15) is 5.26 Å². The monoisotopic (exact) mass is 391 g/mol. The third kappa shape index (κ3) is 8.57. The van der Waals surface area contributed by atoms with Crippen molar-refractivity contribution in [3.05, 3.63) is 69.7 Å². The van der Waals surface area contributed by atoms with Crippen LogP contribution in [0.4, 0.5) is 0 Å². The second kappa shape index (κ2) is 12.0. The first-order valence-corrected chi connectivity index (χ1v) is 8.58. The van der Waals surface area contributed by atoms with Gasteiger partial charge in [-0.05, 0) is 42.8 Å². The summed E-state index contributed by atoms with van der Waals surface area (Å²) >= 11 is 11.9. The van der Waals surface area contributed by atoms with E-state index in [2.05, 4.69) is 4.74 Å². The lowest BCUT2D eigenvalue weighted by atomic mass is 10.2. The van der Waals surface area contributed by atoms with E-state index in [9.17, 15) is 4.79 Å². The molecule has 0 atom stereocenters. The summed E-state index contributed by atoms with van der Waals surface area (Å²) in [5, 5.41) is 9.69. The SMILES string of the molecule is CCOC(C)=O.N#C/C=C/c1cccc(OCc2ccc(Cl)cc2Cl)c1. The summed E-state index contributed by atoms with van der Waals surface area (Å²) in [6.45, 7) is 4.02. The molecule has 0 fully saturated rings. The molecule has 2 aromatic rings. The molecule has 4 nitrogen and oxygen atoms in total. The van der Waals surface area contributed by atoms with Gasteiger partial charge in [-0.15, -0.1) is 0 Å². The lowest BCUT2D eigenvalue weighted by Gasteiger charge is -2.08. The van der Waals surface area contributed by atoms with Gasteiger partial charge in [0.05, 0.1) is 12.7 Å². The number of nitriles is 1. The van der Waals surface area contributed by atoms with Gasteiger partial charge < -0.3 is 9.47 Å². The lowest BCUT2D eigenvalue weighted by Crippen LogP contribution is -1.96. The van der Waals surface area contributed by atoms with Gasteiger partial charge >= 0.3 is 5.97 Å². The highest BCUT2D eigenvalue weighted by Crippen LogP contribution is 2.23. The number of esters is 1. The molecule has 0 aromatic heterocycles. The van der Waals surface area contributed by atoms with Crippen LogP contribution in [0.2, 0.25) is 10.0 Å². The number of carbonyl (C=O) groups is 1. The minimum absolute atomic E-state index is 0.211. The smallest absolute Gasteiger partial charge is 0.302 e. The van der Waals surface area contributed by atoms with E-state index >= 15 is 0 Å². The van der Waals surface area contributed by atoms with Gasteiger partial charge in [0, 0.05) is 28.6 Å². The minimum Gasteiger partial charge on any atom is -0.489 e. The molecular formula is C20H19Cl2NO3. The number of rotatable bonds is 5. The third-order valence-electron chi connectivity index (χ3n) is 2.97. The topological polar surface area (TPSA) is 59.3 Å². The largest absolute Gasteiger partial charge is 0.489 e. The van der Waals surface area contributed by atoms with Crippen molar-refractivity contribution in [1.82, 2.24) is 0 Å². The lowest BCUT2D eigenvalue weighted by molar-refractivity contribution is -0.140. The molecule has 6 heteroatoms. The van der Waals surface area contributed by atoms with Crippen molar-refractivity contribution in [2.45, 2.75) is 20.5 Å². The highest BCUT2D eigenvalue weighted by molar-refractivity contribution is 6.35. The Morgan fingerprint density at radius 2 is 2.00 bits per heavy atom. The van der Waals surface area contributed by atoms with Gasteiger partial charge in [0.15, 0.2) is 0 Å². The number of nitrogens with zero attached hydrogens (tertiary/aromatic N) is 1. The van der Waals surface area contributed by atoms with Crippen molar-refractivity contribution >= 4 is 35.2 Å². The van der Waals surface area contributed by atoms with Crippen LogP contribution in [0.25, 0.3) is 6.08 Å². The fourth-order valence-electron chi connectivity index (χ4n) is 1.84. The summed E-state index contributed by atoms with van der Waals surface area (Å²) in [4.78, 5) is 9.82. The average Bonchev–Trinajstić information content (AvgIpc) is 2.60. The Morgan fingerprint density at radius 3 is 2.58 bits per heavy atom. The van der Waals surface area contributed by atoms with Crippen LogP contribution in [0.5, 0.6) is 5.75 Å². The third-order valence-corrected chi connectivity index (χ3v) is 3.55. The first kappa shape index (κ1) is 21.6. The fraction of sp³-hybridized carbons (Fsp3) is 0.200. The maximum absolute atomic E-state index is 9.82. The second-order valence-corrected chi connectivity index (χ2v) is 5.83. The molecule has 0 amide bonds. The zero-order valence-electron chi connectivity index (χ0n) is 14.5. The predicted molar refractivity (Wildman–Crippen MR) is 104 cm³/mol. The first-order chi connectivity index (χ1) is 12.5. The molecule has 2 rings (SSSR count). The molecule has 2 aromatic carbocycles. The van der Waals surface area contributed by atoms with E-state index in [1.807, 2.05) is 36.4 Å². The van der Waals surface area contributed by atoms with E-state index in [4.69, 9.17) is 33.2 Å². The van der Waals surface area contributed by atoms with Crippen LogP contribution in [0.15, 0.2) is 48.5 Å². The molecule has 0 heterocycles. The van der Waals surface area contributed by atoms with Crippen molar-refractivity contribution in [3.63, 3.8) is 0 Å². The van der Waals surface area contributed by atoms with Crippen molar-refractivity contribution in [2.75, 3.05) is 6.61 Å². The molecule has 0 unspecified atom stereocenters. The zero-order chi connectivity index (χ0) is 19.4. The molecule has 26 heavy (non-hydrogen) atoms. The Labute approximate surface area is 163 Å². The summed E-state index contributed by atoms with van der Waals surface area (Å²) in [7, 11) is 0. The Kier molecular flexibility index (Phi) is 9.93. The Morgan fingerprint density at radius 1 is 1.23 bits per heavy atom. The average molecular weight is 392 g/mol. The van der Waals surface area contributed by atoms with E-state index in [-0.39, 0.29) is 5.97 Å². The highest BCUT2D eigenvalue weighted by atomic mass is 35.5. The van der Waals surface area contributed by atoms with Gasteiger partial charge in [0.2, 0.25) is 0 Å². The van der Waals surface area contributed by atoms with E-state index < -0.39 is 0 Å². The molecule has 0 spiro atoms. The number of benzene rings is 2.